The third-order valence-electron chi connectivity index (χ3n) is 3.68. The summed E-state index contributed by atoms with van der Waals surface area (Å²) >= 11 is 0. The molecule has 1 aromatic rings. The highest BCUT2D eigenvalue weighted by molar-refractivity contribution is 5.92. The summed E-state index contributed by atoms with van der Waals surface area (Å²) in [5, 5.41) is 6.09. The van der Waals surface area contributed by atoms with Crippen LogP contribution in [-0.2, 0) is 4.79 Å². The monoisotopic (exact) mass is 316 g/mol. The topological polar surface area (TPSA) is 50.4 Å². The number of benzene rings is 1. The van der Waals surface area contributed by atoms with Gasteiger partial charge in [0, 0.05) is 12.5 Å². The number of rotatable bonds is 5. The highest BCUT2D eigenvalue weighted by Gasteiger charge is 2.15. The first-order valence-electron chi connectivity index (χ1n) is 7.03. The molecule has 1 saturated heterocycles. The van der Waals surface area contributed by atoms with E-state index in [1.165, 1.54) is 25.3 Å². The van der Waals surface area contributed by atoms with Crippen molar-refractivity contribution < 1.29 is 13.9 Å². The molecule has 21 heavy (non-hydrogen) atoms. The van der Waals surface area contributed by atoms with Crippen LogP contribution in [0.4, 0.5) is 10.1 Å². The summed E-state index contributed by atoms with van der Waals surface area (Å²) in [5.74, 6) is 0.542. The van der Waals surface area contributed by atoms with Gasteiger partial charge < -0.3 is 15.4 Å². The van der Waals surface area contributed by atoms with Crippen LogP contribution in [0.2, 0.25) is 0 Å². The second kappa shape index (κ2) is 8.85. The van der Waals surface area contributed by atoms with Crippen LogP contribution in [0.1, 0.15) is 25.7 Å². The highest BCUT2D eigenvalue weighted by atomic mass is 35.5. The molecule has 0 aromatic heterocycles. The van der Waals surface area contributed by atoms with Gasteiger partial charge >= 0.3 is 0 Å². The molecule has 0 radical (unpaired) electrons. The van der Waals surface area contributed by atoms with Crippen molar-refractivity contribution in [3.63, 3.8) is 0 Å². The molecule has 0 atom stereocenters. The smallest absolute Gasteiger partial charge is 0.224 e. The van der Waals surface area contributed by atoms with Gasteiger partial charge in [0.05, 0.1) is 12.8 Å². The number of nitrogens with one attached hydrogen (secondary N) is 2. The third kappa shape index (κ3) is 5.52. The van der Waals surface area contributed by atoms with E-state index in [9.17, 15) is 9.18 Å². The average molecular weight is 317 g/mol. The minimum absolute atomic E-state index is 0. The second-order valence-electron chi connectivity index (χ2n) is 5.12. The molecule has 1 fully saturated rings. The zero-order valence-electron chi connectivity index (χ0n) is 12.2. The molecule has 2 rings (SSSR count). The van der Waals surface area contributed by atoms with Gasteiger partial charge in [0.2, 0.25) is 5.91 Å². The maximum atomic E-state index is 13.1. The zero-order chi connectivity index (χ0) is 14.4. The fraction of sp³-hybridized carbons (Fsp3) is 0.533. The van der Waals surface area contributed by atoms with Crippen molar-refractivity contribution in [3.8, 4) is 5.75 Å². The lowest BCUT2D eigenvalue weighted by Crippen LogP contribution is -2.28. The Morgan fingerprint density at radius 1 is 1.43 bits per heavy atom. The Morgan fingerprint density at radius 2 is 2.14 bits per heavy atom. The molecule has 4 nitrogen and oxygen atoms in total. The van der Waals surface area contributed by atoms with E-state index in [0.29, 0.717) is 23.8 Å². The summed E-state index contributed by atoms with van der Waals surface area (Å²) in [4.78, 5) is 11.9. The fourth-order valence-electron chi connectivity index (χ4n) is 2.49. The summed E-state index contributed by atoms with van der Waals surface area (Å²) in [6.07, 6.45) is 3.66. The van der Waals surface area contributed by atoms with Crippen molar-refractivity contribution in [1.82, 2.24) is 5.32 Å². The predicted octanol–water partition coefficient (Wildman–Crippen LogP) is 2.97. The number of anilines is 1. The van der Waals surface area contributed by atoms with Crippen molar-refractivity contribution in [3.05, 3.63) is 24.0 Å². The minimum atomic E-state index is -0.380. The Labute approximate surface area is 130 Å². The van der Waals surface area contributed by atoms with E-state index in [-0.39, 0.29) is 24.1 Å². The van der Waals surface area contributed by atoms with Gasteiger partial charge in [0.1, 0.15) is 11.6 Å². The van der Waals surface area contributed by atoms with Crippen molar-refractivity contribution in [2.45, 2.75) is 25.7 Å². The van der Waals surface area contributed by atoms with Gasteiger partial charge in [-0.15, -0.1) is 12.4 Å². The molecule has 0 spiro atoms. The standard InChI is InChI=1S/C15H21FN2O2.ClH/c1-20-14-10-12(16)3-4-13(14)18-15(19)5-2-11-6-8-17-9-7-11;/h3-4,10-11,17H,2,5-9H2,1H3,(H,18,19);1H. The van der Waals surface area contributed by atoms with E-state index in [1.807, 2.05) is 0 Å². The van der Waals surface area contributed by atoms with Gasteiger partial charge in [-0.2, -0.15) is 0 Å². The molecule has 0 bridgehead atoms. The maximum absolute atomic E-state index is 13.1. The number of methoxy groups -OCH3 is 1. The van der Waals surface area contributed by atoms with E-state index in [4.69, 9.17) is 4.74 Å². The number of piperidine rings is 1. The van der Waals surface area contributed by atoms with E-state index >= 15 is 0 Å². The Morgan fingerprint density at radius 3 is 2.81 bits per heavy atom. The summed E-state index contributed by atoms with van der Waals surface area (Å²) in [6.45, 7) is 2.08. The molecule has 0 aliphatic carbocycles. The van der Waals surface area contributed by atoms with Gasteiger partial charge in [0.25, 0.3) is 0 Å². The van der Waals surface area contributed by atoms with Crippen LogP contribution in [0, 0.1) is 11.7 Å². The third-order valence-corrected chi connectivity index (χ3v) is 3.68. The number of halogens is 2. The largest absolute Gasteiger partial charge is 0.494 e. The first kappa shape index (κ1) is 17.7. The van der Waals surface area contributed by atoms with Gasteiger partial charge in [-0.3, -0.25) is 4.79 Å². The molecule has 118 valence electrons. The Hall–Kier alpha value is -1.33. The molecular weight excluding hydrogens is 295 g/mol. The minimum Gasteiger partial charge on any atom is -0.494 e. The lowest BCUT2D eigenvalue weighted by molar-refractivity contribution is -0.116. The molecule has 6 heteroatoms. The Balaban J connectivity index is 0.00000220. The Bertz CT molecular complexity index is 465. The molecule has 0 saturated carbocycles. The SMILES string of the molecule is COc1cc(F)ccc1NC(=O)CCC1CCNCC1.Cl. The first-order valence-corrected chi connectivity index (χ1v) is 7.03. The van der Waals surface area contributed by atoms with E-state index in [2.05, 4.69) is 10.6 Å². The van der Waals surface area contributed by atoms with Crippen LogP contribution >= 0.6 is 12.4 Å². The van der Waals surface area contributed by atoms with Gasteiger partial charge in [-0.25, -0.2) is 4.39 Å². The van der Waals surface area contributed by atoms with E-state index in [1.54, 1.807) is 0 Å². The molecule has 1 amide bonds. The average Bonchev–Trinajstić information content (AvgIpc) is 2.48. The predicted molar refractivity (Wildman–Crippen MR) is 83.7 cm³/mol. The lowest BCUT2D eigenvalue weighted by atomic mass is 9.93. The van der Waals surface area contributed by atoms with Crippen molar-refractivity contribution in [2.75, 3.05) is 25.5 Å². The van der Waals surface area contributed by atoms with Crippen LogP contribution in [0.5, 0.6) is 5.75 Å². The van der Waals surface area contributed by atoms with Crippen molar-refractivity contribution in [1.29, 1.82) is 0 Å². The van der Waals surface area contributed by atoms with E-state index in [0.717, 1.165) is 32.4 Å². The summed E-state index contributed by atoms with van der Waals surface area (Å²) < 4.78 is 18.1. The normalized spacial score (nSPS) is 15.1. The lowest BCUT2D eigenvalue weighted by Gasteiger charge is -2.22. The number of carbonyl (C=O) groups is 1. The van der Waals surface area contributed by atoms with Gasteiger partial charge in [-0.1, -0.05) is 0 Å². The summed E-state index contributed by atoms with van der Waals surface area (Å²) in [6, 6.07) is 4.10. The summed E-state index contributed by atoms with van der Waals surface area (Å²) in [7, 11) is 1.46. The van der Waals surface area contributed by atoms with Crippen LogP contribution in [0.3, 0.4) is 0 Å². The second-order valence-corrected chi connectivity index (χ2v) is 5.12. The molecule has 1 aliphatic rings. The first-order chi connectivity index (χ1) is 9.69. The molecule has 1 aromatic carbocycles. The Kier molecular flexibility index (Phi) is 7.47. The zero-order valence-corrected chi connectivity index (χ0v) is 13.0. The molecule has 1 heterocycles. The maximum Gasteiger partial charge on any atom is 0.224 e. The fourth-order valence-corrected chi connectivity index (χ4v) is 2.49. The number of hydrogen-bond donors (Lipinski definition) is 2. The number of hydrogen-bond acceptors (Lipinski definition) is 3. The van der Waals surface area contributed by atoms with Crippen molar-refractivity contribution >= 4 is 24.0 Å². The van der Waals surface area contributed by atoms with Gasteiger partial charge in [-0.05, 0) is 50.4 Å². The van der Waals surface area contributed by atoms with E-state index < -0.39 is 0 Å². The van der Waals surface area contributed by atoms with Crippen LogP contribution in [-0.4, -0.2) is 26.1 Å². The van der Waals surface area contributed by atoms with Gasteiger partial charge in [0.15, 0.2) is 0 Å². The molecule has 0 unspecified atom stereocenters. The van der Waals surface area contributed by atoms with Crippen LogP contribution < -0.4 is 15.4 Å². The number of ether oxygens (including phenoxy) is 1. The molecular formula is C15H22ClFN2O2. The van der Waals surface area contributed by atoms with Crippen molar-refractivity contribution in [2.24, 2.45) is 5.92 Å². The number of amides is 1. The summed E-state index contributed by atoms with van der Waals surface area (Å²) in [5.41, 5.74) is 0.518. The van der Waals surface area contributed by atoms with Crippen LogP contribution in [0.15, 0.2) is 18.2 Å². The number of carbonyl (C=O) groups excluding carboxylic acids is 1. The highest BCUT2D eigenvalue weighted by Crippen LogP contribution is 2.25. The van der Waals surface area contributed by atoms with Crippen LogP contribution in [0.25, 0.3) is 0 Å². The quantitative estimate of drug-likeness (QED) is 0.878. The molecule has 2 N–H and O–H groups in total. The molecule has 1 aliphatic heterocycles.